The third kappa shape index (κ3) is 7.90. The van der Waals surface area contributed by atoms with Gasteiger partial charge in [-0.15, -0.1) is 24.8 Å². The molecule has 0 bridgehead atoms. The Kier molecular flexibility index (Phi) is 11.2. The van der Waals surface area contributed by atoms with E-state index in [9.17, 15) is 31.1 Å². The first-order chi connectivity index (χ1) is 19.0. The van der Waals surface area contributed by atoms with E-state index >= 15 is 0 Å². The van der Waals surface area contributed by atoms with Crippen LogP contribution in [0.4, 0.5) is 26.3 Å². The minimum atomic E-state index is -5.03. The fraction of sp³-hybridized carbons (Fsp3) is 0.464. The second kappa shape index (κ2) is 13.9. The highest BCUT2D eigenvalue weighted by molar-refractivity contribution is 5.95. The quantitative estimate of drug-likeness (QED) is 0.349. The van der Waals surface area contributed by atoms with Gasteiger partial charge in [0.25, 0.3) is 5.91 Å². The summed E-state index contributed by atoms with van der Waals surface area (Å²) in [5.41, 5.74) is -1.78. The second-order valence-corrected chi connectivity index (χ2v) is 10.3. The maximum atomic E-state index is 13.6. The number of aromatic amines is 1. The van der Waals surface area contributed by atoms with Crippen LogP contribution in [0.15, 0.2) is 48.7 Å². The Morgan fingerprint density at radius 3 is 2.12 bits per heavy atom. The number of halogens is 8. The highest BCUT2D eigenvalue weighted by Crippen LogP contribution is 2.37. The number of piperazine rings is 1. The summed E-state index contributed by atoms with van der Waals surface area (Å²) in [5.74, 6) is -0.839. The molecule has 232 valence electrons. The number of nitrogens with one attached hydrogen (secondary N) is 1. The van der Waals surface area contributed by atoms with E-state index in [-0.39, 0.29) is 37.4 Å². The smallest absolute Gasteiger partial charge is 0.379 e. The van der Waals surface area contributed by atoms with Crippen molar-refractivity contribution in [2.24, 2.45) is 0 Å². The molecule has 5 rings (SSSR count). The van der Waals surface area contributed by atoms with Gasteiger partial charge in [0.1, 0.15) is 0 Å². The number of benzene rings is 2. The fourth-order valence-electron chi connectivity index (χ4n) is 5.47. The number of carbonyl (C=O) groups is 1. The number of fused-ring (bicyclic) bond motifs is 1. The lowest BCUT2D eigenvalue weighted by molar-refractivity contribution is -0.143. The van der Waals surface area contributed by atoms with E-state index in [4.69, 9.17) is 4.74 Å². The van der Waals surface area contributed by atoms with Crippen LogP contribution in [0.3, 0.4) is 0 Å². The Morgan fingerprint density at radius 1 is 0.857 bits per heavy atom. The van der Waals surface area contributed by atoms with Gasteiger partial charge in [0.2, 0.25) is 0 Å². The highest BCUT2D eigenvalue weighted by atomic mass is 35.5. The number of hydrogen-bond donors (Lipinski definition) is 1. The highest BCUT2D eigenvalue weighted by Gasteiger charge is 2.39. The van der Waals surface area contributed by atoms with E-state index in [2.05, 4.69) is 14.8 Å². The Morgan fingerprint density at radius 2 is 1.48 bits per heavy atom. The molecule has 1 N–H and O–H groups in total. The largest absolute Gasteiger partial charge is 0.416 e. The van der Waals surface area contributed by atoms with Gasteiger partial charge in [0.15, 0.2) is 0 Å². The number of carbonyl (C=O) groups excluding carboxylic acids is 1. The average Bonchev–Trinajstić information content (AvgIpc) is 3.34. The lowest BCUT2D eigenvalue weighted by Gasteiger charge is -2.42. The molecule has 0 aliphatic carbocycles. The van der Waals surface area contributed by atoms with Gasteiger partial charge in [0, 0.05) is 74.5 Å². The minimum Gasteiger partial charge on any atom is -0.379 e. The summed E-state index contributed by atoms with van der Waals surface area (Å²) < 4.78 is 86.4. The molecule has 0 spiro atoms. The van der Waals surface area contributed by atoms with Gasteiger partial charge in [-0.25, -0.2) is 0 Å². The predicted octanol–water partition coefficient (Wildman–Crippen LogP) is 5.75. The molecule has 42 heavy (non-hydrogen) atoms. The van der Waals surface area contributed by atoms with Crippen LogP contribution in [0, 0.1) is 0 Å². The maximum Gasteiger partial charge on any atom is 0.416 e. The van der Waals surface area contributed by atoms with Gasteiger partial charge < -0.3 is 14.6 Å². The van der Waals surface area contributed by atoms with Crippen molar-refractivity contribution in [2.45, 2.75) is 24.8 Å². The number of H-pyrrole nitrogens is 1. The van der Waals surface area contributed by atoms with Crippen LogP contribution in [0.2, 0.25) is 0 Å². The van der Waals surface area contributed by atoms with E-state index in [1.807, 2.05) is 30.5 Å². The first-order valence-corrected chi connectivity index (χ1v) is 13.2. The van der Waals surface area contributed by atoms with Gasteiger partial charge >= 0.3 is 12.4 Å². The number of para-hydroxylation sites is 1. The van der Waals surface area contributed by atoms with E-state index in [1.165, 1.54) is 4.90 Å². The number of hydrogen-bond acceptors (Lipinski definition) is 4. The molecule has 1 amide bonds. The zero-order valence-electron chi connectivity index (χ0n) is 22.5. The molecule has 2 aromatic carbocycles. The minimum absolute atomic E-state index is 0. The molecule has 1 aromatic heterocycles. The molecule has 3 aromatic rings. The standard InChI is InChI=1S/C28H30F6N4O2.2ClH/c29-27(30,31)21-13-19(14-22(16-21)28(32,33)34)26(39)38-8-7-37(6-5-36-9-11-40-12-10-36)18-23(38)15-20-17-35-25-4-2-1-3-24(20)25;;/h1-4,13-14,16-17,23,35H,5-12,15,18H2;2*1H/t23-;;/m1../s1. The number of ether oxygens (including phenoxy) is 1. The first kappa shape index (κ1) is 34.0. The molecule has 3 heterocycles. The number of aromatic nitrogens is 1. The van der Waals surface area contributed by atoms with Crippen molar-refractivity contribution in [1.29, 1.82) is 0 Å². The number of alkyl halides is 6. The van der Waals surface area contributed by atoms with E-state index in [0.717, 1.165) is 42.6 Å². The van der Waals surface area contributed by atoms with Crippen LogP contribution < -0.4 is 0 Å². The Hall–Kier alpha value is -2.51. The average molecular weight is 641 g/mol. The fourth-order valence-corrected chi connectivity index (χ4v) is 5.47. The summed E-state index contributed by atoms with van der Waals surface area (Å²) in [5, 5.41) is 0.957. The zero-order valence-corrected chi connectivity index (χ0v) is 24.1. The summed E-state index contributed by atoms with van der Waals surface area (Å²) in [6, 6.07) is 8.26. The van der Waals surface area contributed by atoms with Crippen molar-refractivity contribution in [1.82, 2.24) is 19.7 Å². The molecule has 14 heteroatoms. The first-order valence-electron chi connectivity index (χ1n) is 13.2. The third-order valence-corrected chi connectivity index (χ3v) is 7.63. The monoisotopic (exact) mass is 640 g/mol. The van der Waals surface area contributed by atoms with E-state index in [1.54, 1.807) is 0 Å². The van der Waals surface area contributed by atoms with Crippen molar-refractivity contribution in [2.75, 3.05) is 59.0 Å². The second-order valence-electron chi connectivity index (χ2n) is 10.3. The number of amides is 1. The Balaban J connectivity index is 0.00000242. The number of nitrogens with zero attached hydrogens (tertiary/aromatic N) is 3. The molecule has 0 unspecified atom stereocenters. The molecule has 6 nitrogen and oxygen atoms in total. The predicted molar refractivity (Wildman–Crippen MR) is 151 cm³/mol. The molecule has 2 aliphatic rings. The summed E-state index contributed by atoms with van der Waals surface area (Å²) >= 11 is 0. The Bertz CT molecular complexity index is 1310. The van der Waals surface area contributed by atoms with E-state index < -0.39 is 41.0 Å². The van der Waals surface area contributed by atoms with Crippen molar-refractivity contribution < 1.29 is 35.9 Å². The molecule has 2 saturated heterocycles. The van der Waals surface area contributed by atoms with E-state index in [0.29, 0.717) is 44.9 Å². The normalized spacial score (nSPS) is 18.9. The molecule has 0 saturated carbocycles. The van der Waals surface area contributed by atoms with Gasteiger partial charge in [-0.05, 0) is 36.2 Å². The van der Waals surface area contributed by atoms with Gasteiger partial charge in [-0.3, -0.25) is 14.6 Å². The molecule has 1 atom stereocenters. The summed E-state index contributed by atoms with van der Waals surface area (Å²) in [4.78, 5) is 22.7. The summed E-state index contributed by atoms with van der Waals surface area (Å²) in [6.45, 7) is 5.63. The molecule has 2 fully saturated rings. The van der Waals surface area contributed by atoms with Gasteiger partial charge in [-0.2, -0.15) is 26.3 Å². The van der Waals surface area contributed by atoms with Crippen LogP contribution in [-0.2, 0) is 23.5 Å². The molecular weight excluding hydrogens is 609 g/mol. The molecule has 0 radical (unpaired) electrons. The SMILES string of the molecule is Cl.Cl.O=C(c1cc(C(F)(F)F)cc(C(F)(F)F)c1)N1CCN(CCN2CCOCC2)C[C@H]1Cc1c[nH]c2ccccc12. The van der Waals surface area contributed by atoms with Crippen LogP contribution in [0.5, 0.6) is 0 Å². The van der Waals surface area contributed by atoms with Crippen LogP contribution in [0.1, 0.15) is 27.0 Å². The Labute approximate surface area is 251 Å². The topological polar surface area (TPSA) is 51.8 Å². The molecule has 2 aliphatic heterocycles. The van der Waals surface area contributed by atoms with Gasteiger partial charge in [-0.1, -0.05) is 18.2 Å². The van der Waals surface area contributed by atoms with Crippen LogP contribution in [0.25, 0.3) is 10.9 Å². The maximum absolute atomic E-state index is 13.6. The third-order valence-electron chi connectivity index (χ3n) is 7.63. The zero-order chi connectivity index (χ0) is 28.5. The number of rotatable bonds is 6. The lowest BCUT2D eigenvalue weighted by atomic mass is 9.98. The summed E-state index contributed by atoms with van der Waals surface area (Å²) in [6.07, 6.45) is -7.82. The van der Waals surface area contributed by atoms with Crippen LogP contribution in [-0.4, -0.2) is 90.7 Å². The van der Waals surface area contributed by atoms with Crippen molar-refractivity contribution >= 4 is 41.6 Å². The molecular formula is C28H32Cl2F6N4O2. The summed E-state index contributed by atoms with van der Waals surface area (Å²) in [7, 11) is 0. The van der Waals surface area contributed by atoms with Crippen LogP contribution >= 0.6 is 24.8 Å². The van der Waals surface area contributed by atoms with Crippen molar-refractivity contribution in [3.05, 3.63) is 70.9 Å². The van der Waals surface area contributed by atoms with Crippen molar-refractivity contribution in [3.63, 3.8) is 0 Å². The lowest BCUT2D eigenvalue weighted by Crippen LogP contribution is -2.57. The van der Waals surface area contributed by atoms with Crippen molar-refractivity contribution in [3.8, 4) is 0 Å². The number of morpholine rings is 1. The van der Waals surface area contributed by atoms with Gasteiger partial charge in [0.05, 0.1) is 24.3 Å².